The monoisotopic (exact) mass is 1780 g/mol. The summed E-state index contributed by atoms with van der Waals surface area (Å²) in [6.07, 6.45) is 31.7. The molecule has 15 aromatic carbocycles. The first-order valence-corrected chi connectivity index (χ1v) is 47.4. The Morgan fingerprint density at radius 3 is 1.11 bits per heavy atom. The van der Waals surface area contributed by atoms with E-state index in [1.165, 1.54) is 93.6 Å². The van der Waals surface area contributed by atoms with Gasteiger partial charge < -0.3 is 0 Å². The van der Waals surface area contributed by atoms with Crippen LogP contribution in [-0.4, -0.2) is 59.8 Å². The highest BCUT2D eigenvalue weighted by Gasteiger charge is 2.42. The summed E-state index contributed by atoms with van der Waals surface area (Å²) < 4.78 is 0. The van der Waals surface area contributed by atoms with Crippen molar-refractivity contribution in [1.29, 1.82) is 0 Å². The normalized spacial score (nSPS) is 14.5. The minimum absolute atomic E-state index is 0.215. The van der Waals surface area contributed by atoms with Gasteiger partial charge in [0.2, 0.25) is 0 Å². The molecule has 0 N–H and O–H groups in total. The molecule has 0 saturated heterocycles. The number of benzene rings is 15. The molecule has 0 radical (unpaired) electrons. The molecule has 12 heteroatoms. The van der Waals surface area contributed by atoms with Crippen molar-refractivity contribution in [3.8, 4) is 44.8 Å². The summed E-state index contributed by atoms with van der Waals surface area (Å²) in [5.74, 6) is 0.438. The minimum atomic E-state index is 0.215. The Labute approximate surface area is 799 Å². The summed E-state index contributed by atoms with van der Waals surface area (Å²) in [6, 6.07) is 122. The average molecular weight is 1780 g/mol. The van der Waals surface area contributed by atoms with E-state index in [1.54, 1.807) is 0 Å². The molecule has 0 amide bonds. The maximum absolute atomic E-state index is 5.33. The van der Waals surface area contributed by atoms with E-state index in [-0.39, 0.29) is 11.8 Å². The summed E-state index contributed by atoms with van der Waals surface area (Å²) in [7, 11) is 0. The third-order valence-electron chi connectivity index (χ3n) is 29.1. The second-order valence-corrected chi connectivity index (χ2v) is 36.7. The minimum Gasteiger partial charge on any atom is -0.254 e. The predicted molar refractivity (Wildman–Crippen MR) is 578 cm³/mol. The fourth-order valence-corrected chi connectivity index (χ4v) is 22.8. The summed E-state index contributed by atoms with van der Waals surface area (Å²) in [6.45, 7) is 0. The maximum Gasteiger partial charge on any atom is 0.0978 e. The zero-order chi connectivity index (χ0) is 91.7. The van der Waals surface area contributed by atoms with Crippen LogP contribution in [0, 0.1) is 11.8 Å². The highest BCUT2D eigenvalue weighted by molar-refractivity contribution is 6.29. The number of aromatic nitrogens is 12. The van der Waals surface area contributed by atoms with Gasteiger partial charge in [-0.2, -0.15) is 0 Å². The van der Waals surface area contributed by atoms with Crippen LogP contribution in [0.25, 0.3) is 263 Å². The van der Waals surface area contributed by atoms with Crippen LogP contribution in [0.5, 0.6) is 0 Å². The largest absolute Gasteiger partial charge is 0.254 e. The molecule has 0 bridgehead atoms. The van der Waals surface area contributed by atoms with Crippen LogP contribution in [0.15, 0.2) is 460 Å². The average Bonchev–Trinajstić information content (AvgIpc) is 0.712. The van der Waals surface area contributed by atoms with Crippen molar-refractivity contribution in [1.82, 2.24) is 59.8 Å². The van der Waals surface area contributed by atoms with Gasteiger partial charge in [-0.05, 0) is 173 Å². The molecule has 12 nitrogen and oxygen atoms in total. The molecule has 31 rings (SSSR count). The van der Waals surface area contributed by atoms with E-state index in [0.29, 0.717) is 0 Å². The smallest absolute Gasteiger partial charge is 0.0978 e. The number of para-hydroxylation sites is 3. The van der Waals surface area contributed by atoms with Gasteiger partial charge in [0.25, 0.3) is 0 Å². The van der Waals surface area contributed by atoms with E-state index in [0.717, 1.165) is 202 Å². The number of nitrogens with zero attached hydrogens (tertiary/aromatic N) is 12. The lowest BCUT2D eigenvalue weighted by Gasteiger charge is -2.42. The summed E-state index contributed by atoms with van der Waals surface area (Å²) in [4.78, 5) is 59.2. The van der Waals surface area contributed by atoms with Gasteiger partial charge in [-0.15, -0.1) is 0 Å². The topological polar surface area (TPSA) is 155 Å². The highest BCUT2D eigenvalue weighted by atomic mass is 14.8. The molecule has 0 fully saturated rings. The molecule has 2 atom stereocenters. The van der Waals surface area contributed by atoms with Crippen molar-refractivity contribution in [2.75, 3.05) is 0 Å². The fourth-order valence-electron chi connectivity index (χ4n) is 22.8. The second kappa shape index (κ2) is 31.4. The van der Waals surface area contributed by atoms with E-state index >= 15 is 0 Å². The van der Waals surface area contributed by atoms with E-state index in [2.05, 4.69) is 368 Å². The van der Waals surface area contributed by atoms with Gasteiger partial charge in [-0.1, -0.05) is 309 Å². The van der Waals surface area contributed by atoms with Crippen molar-refractivity contribution in [2.24, 2.45) is 11.8 Å². The van der Waals surface area contributed by atoms with Crippen LogP contribution < -0.4 is 0 Å². The maximum atomic E-state index is 5.33. The quantitative estimate of drug-likeness (QED) is 0.115. The Morgan fingerprint density at radius 2 is 0.557 bits per heavy atom. The Balaban J connectivity index is 0.000000101. The molecule has 4 aliphatic rings. The zero-order valence-electron chi connectivity index (χ0n) is 75.1. The lowest BCUT2D eigenvalue weighted by molar-refractivity contribution is 0.569. The van der Waals surface area contributed by atoms with Crippen LogP contribution in [0.2, 0.25) is 0 Å². The molecule has 646 valence electrons. The van der Waals surface area contributed by atoms with Crippen molar-refractivity contribution >= 4 is 218 Å². The number of fused-ring (bicyclic) bond motifs is 26. The number of rotatable bonds is 6. The standard InChI is InChI=1S/C44H26N4.2C42H24N4/c1-2-8-37-35(7-1)40(36-20-15-28-6-4-22-46-42(28)44(36)48-37)34-19-14-26-12-17-32-31(16-11-25-13-18-33(34)39(26)38(25)32)30-23-29-10-9-27-5-3-21-45-41(27)43(29)47-24-30;1-3-13-30-28(11-1)36(35-22-20-27-18-17-25-9-7-23-43-39(25)41(27)46-35)29-12-2-4-14-31(29)37(30)38-32-15-5-6-16-34(32)45-42-33(38)21-19-26-10-8-24-44-40(26)42;1-2-8-37-33(7-1)38(34-19-15-27-6-4-22-44-40(27)42(34)46-37)31-14-10-25-9-13-29-23-30(16-18-32(29)35(25)24-31)36-20-17-28-12-11-26-5-3-21-43-39(26)41(28)45-36/h1-24,38-39H;2*1-24H. The molecule has 0 saturated carbocycles. The first-order valence-electron chi connectivity index (χ1n) is 47.4. The molecule has 12 heterocycles. The lowest BCUT2D eigenvalue weighted by Crippen LogP contribution is -2.30. The van der Waals surface area contributed by atoms with Crippen LogP contribution in [0.4, 0.5) is 0 Å². The number of pyridine rings is 12. The van der Waals surface area contributed by atoms with Gasteiger partial charge in [0, 0.05) is 169 Å². The zero-order valence-corrected chi connectivity index (χ0v) is 75.1. The Morgan fingerprint density at radius 1 is 0.186 bits per heavy atom. The molecule has 27 aromatic rings. The molecule has 12 aromatic heterocycles. The van der Waals surface area contributed by atoms with E-state index in [4.69, 9.17) is 49.8 Å². The predicted octanol–water partition coefficient (Wildman–Crippen LogP) is 31.4. The van der Waals surface area contributed by atoms with Gasteiger partial charge in [0.15, 0.2) is 0 Å². The molecule has 4 aliphatic carbocycles. The molecule has 140 heavy (non-hydrogen) atoms. The van der Waals surface area contributed by atoms with Crippen molar-refractivity contribution in [3.63, 3.8) is 0 Å². The lowest BCUT2D eigenvalue weighted by atomic mass is 9.61. The van der Waals surface area contributed by atoms with Crippen molar-refractivity contribution in [3.05, 3.63) is 471 Å². The van der Waals surface area contributed by atoms with E-state index < -0.39 is 0 Å². The van der Waals surface area contributed by atoms with E-state index in [1.807, 2.05) is 79.8 Å². The van der Waals surface area contributed by atoms with Gasteiger partial charge >= 0.3 is 0 Å². The van der Waals surface area contributed by atoms with Crippen LogP contribution in [0.3, 0.4) is 0 Å². The third kappa shape index (κ3) is 12.4. The van der Waals surface area contributed by atoms with Gasteiger partial charge in [0.05, 0.1) is 94.1 Å². The highest BCUT2D eigenvalue weighted by Crippen LogP contribution is 2.56. The summed E-state index contributed by atoms with van der Waals surface area (Å²) in [5, 5.41) is 26.1. The third-order valence-corrected chi connectivity index (χ3v) is 29.1. The van der Waals surface area contributed by atoms with Crippen LogP contribution in [-0.2, 0) is 0 Å². The first kappa shape index (κ1) is 78.7. The Bertz CT molecular complexity index is 10400. The van der Waals surface area contributed by atoms with Crippen molar-refractivity contribution in [2.45, 2.75) is 0 Å². The molecular weight excluding hydrogens is 1710 g/mol. The SMILES string of the molecule is C1=CC2=C(c3cnc4c(ccc5cccnc54)c3)C=CC3=CC=C4C(c5c6ccccc6nc6c5ccc5cccnc56)=CC=C1C4C32.c1cnc2c(c1)ccc1ccc(-c3c4ccccc4c(-c4c5ccccc5nc5c4ccc4cccnc45)c4ccccc34)nc12.c1cnc2c(c1)ccc1ccc(-c3ccc4c(ccc5ccc(-c6c7ccccc7nc7c6ccc6cccnc67)cc54)c3)nc12. The molecule has 0 aliphatic heterocycles. The van der Waals surface area contributed by atoms with E-state index in [9.17, 15) is 0 Å². The number of allylic oxidation sites excluding steroid dienone is 14. The Hall–Kier alpha value is -18.8. The molecular formula is C128H74N12. The molecule has 2 unspecified atom stereocenters. The summed E-state index contributed by atoms with van der Waals surface area (Å²) in [5.41, 5.74) is 33.1. The van der Waals surface area contributed by atoms with Crippen LogP contribution in [0.1, 0.15) is 11.1 Å². The molecule has 0 spiro atoms. The number of hydrogen-bond donors (Lipinski definition) is 0. The Kier molecular flexibility index (Phi) is 17.7. The van der Waals surface area contributed by atoms with Crippen molar-refractivity contribution < 1.29 is 0 Å². The fraction of sp³-hybridized carbons (Fsp3) is 0.0156. The second-order valence-electron chi connectivity index (χ2n) is 36.7. The summed E-state index contributed by atoms with van der Waals surface area (Å²) >= 11 is 0. The van der Waals surface area contributed by atoms with Gasteiger partial charge in [-0.25, -0.2) is 24.9 Å². The number of hydrogen-bond acceptors (Lipinski definition) is 12. The van der Waals surface area contributed by atoms with Crippen LogP contribution >= 0.6 is 0 Å². The van der Waals surface area contributed by atoms with Gasteiger partial charge in [0.1, 0.15) is 0 Å². The van der Waals surface area contributed by atoms with Gasteiger partial charge in [-0.3, -0.25) is 34.9 Å². The first-order chi connectivity index (χ1) is 69.4.